The van der Waals surface area contributed by atoms with Gasteiger partial charge in [0.15, 0.2) is 0 Å². The Hall–Kier alpha value is -2.02. The van der Waals surface area contributed by atoms with E-state index in [0.717, 1.165) is 37.9 Å². The van der Waals surface area contributed by atoms with Crippen LogP contribution >= 0.6 is 0 Å². The van der Waals surface area contributed by atoms with Crippen molar-refractivity contribution in [1.29, 1.82) is 5.26 Å². The summed E-state index contributed by atoms with van der Waals surface area (Å²) in [7, 11) is 1.76. The fraction of sp³-hybridized carbons (Fsp3) is 0.556. The van der Waals surface area contributed by atoms with Crippen molar-refractivity contribution in [2.24, 2.45) is 0 Å². The van der Waals surface area contributed by atoms with Gasteiger partial charge in [-0.2, -0.15) is 5.26 Å². The Kier molecular flexibility index (Phi) is 5.43. The van der Waals surface area contributed by atoms with Gasteiger partial charge in [-0.1, -0.05) is 12.1 Å². The van der Waals surface area contributed by atoms with E-state index in [9.17, 15) is 10.1 Å². The first kappa shape index (κ1) is 16.4. The first-order valence-corrected chi connectivity index (χ1v) is 7.95. The third-order valence-electron chi connectivity index (χ3n) is 4.45. The van der Waals surface area contributed by atoms with Gasteiger partial charge in [0.1, 0.15) is 11.3 Å². The molecule has 0 saturated heterocycles. The Morgan fingerprint density at radius 2 is 2.18 bits per heavy atom. The lowest BCUT2D eigenvalue weighted by Crippen LogP contribution is -2.53. The van der Waals surface area contributed by atoms with E-state index in [1.807, 2.05) is 31.2 Å². The Morgan fingerprint density at radius 1 is 1.41 bits per heavy atom. The number of ether oxygens (including phenoxy) is 1. The average molecular weight is 300 g/mol. The molecule has 4 nitrogen and oxygen atoms in total. The fourth-order valence-corrected chi connectivity index (χ4v) is 2.71. The third-order valence-corrected chi connectivity index (χ3v) is 4.45. The molecular formula is C18H24N2O2. The molecule has 118 valence electrons. The van der Waals surface area contributed by atoms with Gasteiger partial charge in [0.2, 0.25) is 5.91 Å². The van der Waals surface area contributed by atoms with Gasteiger partial charge in [0.25, 0.3) is 0 Å². The molecule has 2 rings (SSSR count). The number of hydrogen-bond donors (Lipinski definition) is 0. The third kappa shape index (κ3) is 3.79. The van der Waals surface area contributed by atoms with Gasteiger partial charge < -0.3 is 9.64 Å². The number of nitriles is 1. The van der Waals surface area contributed by atoms with Gasteiger partial charge in [-0.05, 0) is 56.7 Å². The lowest BCUT2D eigenvalue weighted by atomic mass is 9.76. The average Bonchev–Trinajstić information content (AvgIpc) is 2.46. The van der Waals surface area contributed by atoms with E-state index in [4.69, 9.17) is 4.74 Å². The van der Waals surface area contributed by atoms with E-state index in [1.54, 1.807) is 11.9 Å². The van der Waals surface area contributed by atoms with E-state index in [1.165, 1.54) is 5.56 Å². The van der Waals surface area contributed by atoms with E-state index in [0.29, 0.717) is 13.0 Å². The van der Waals surface area contributed by atoms with E-state index in [-0.39, 0.29) is 5.91 Å². The normalized spacial score (nSPS) is 15.5. The lowest BCUT2D eigenvalue weighted by Gasteiger charge is -2.43. The highest BCUT2D eigenvalue weighted by atomic mass is 16.5. The van der Waals surface area contributed by atoms with Crippen molar-refractivity contribution in [3.05, 3.63) is 29.8 Å². The van der Waals surface area contributed by atoms with E-state index in [2.05, 4.69) is 6.07 Å². The molecule has 1 saturated carbocycles. The van der Waals surface area contributed by atoms with Crippen LogP contribution in [0.15, 0.2) is 24.3 Å². The van der Waals surface area contributed by atoms with Crippen LogP contribution in [0, 0.1) is 18.3 Å². The molecule has 4 heteroatoms. The van der Waals surface area contributed by atoms with Crippen molar-refractivity contribution >= 4 is 5.91 Å². The standard InChI is InChI=1S/C18H24N2O2/c1-15-7-5-8-16(13-15)22-12-4-3-9-17(21)20(2)18(14-19)10-6-11-18/h5,7-8,13H,3-4,6,9-12H2,1-2H3. The number of unbranched alkanes of at least 4 members (excludes halogenated alkanes) is 1. The van der Waals surface area contributed by atoms with Crippen LogP contribution in [-0.2, 0) is 4.79 Å². The molecule has 1 amide bonds. The number of amides is 1. The number of nitrogens with zero attached hydrogens (tertiary/aromatic N) is 2. The van der Waals surface area contributed by atoms with Gasteiger partial charge >= 0.3 is 0 Å². The second-order valence-corrected chi connectivity index (χ2v) is 6.07. The molecule has 0 unspecified atom stereocenters. The Labute approximate surface area is 132 Å². The van der Waals surface area contributed by atoms with Gasteiger partial charge in [0, 0.05) is 13.5 Å². The zero-order chi connectivity index (χ0) is 16.0. The zero-order valence-corrected chi connectivity index (χ0v) is 13.5. The summed E-state index contributed by atoms with van der Waals surface area (Å²) in [6.07, 6.45) is 4.76. The number of benzene rings is 1. The molecule has 0 heterocycles. The van der Waals surface area contributed by atoms with Crippen molar-refractivity contribution in [1.82, 2.24) is 4.90 Å². The predicted octanol–water partition coefficient (Wildman–Crippen LogP) is 3.45. The fourth-order valence-electron chi connectivity index (χ4n) is 2.71. The quantitative estimate of drug-likeness (QED) is 0.725. The van der Waals surface area contributed by atoms with Crippen LogP contribution in [0.1, 0.15) is 44.1 Å². The summed E-state index contributed by atoms with van der Waals surface area (Å²) in [6.45, 7) is 2.65. The molecule has 1 fully saturated rings. The Balaban J connectivity index is 1.66. The van der Waals surface area contributed by atoms with Crippen LogP contribution in [0.5, 0.6) is 5.75 Å². The zero-order valence-electron chi connectivity index (χ0n) is 13.5. The SMILES string of the molecule is Cc1cccc(OCCCCC(=O)N(C)C2(C#N)CCC2)c1. The monoisotopic (exact) mass is 300 g/mol. The van der Waals surface area contributed by atoms with Crippen molar-refractivity contribution in [2.75, 3.05) is 13.7 Å². The minimum Gasteiger partial charge on any atom is -0.494 e. The van der Waals surface area contributed by atoms with Crippen molar-refractivity contribution in [3.8, 4) is 11.8 Å². The summed E-state index contributed by atoms with van der Waals surface area (Å²) in [4.78, 5) is 13.8. The van der Waals surface area contributed by atoms with Crippen LogP contribution in [0.25, 0.3) is 0 Å². The smallest absolute Gasteiger partial charge is 0.223 e. The first-order valence-electron chi connectivity index (χ1n) is 7.95. The van der Waals surface area contributed by atoms with Crippen molar-refractivity contribution in [2.45, 2.75) is 51.0 Å². The van der Waals surface area contributed by atoms with Gasteiger partial charge in [-0.15, -0.1) is 0 Å². The van der Waals surface area contributed by atoms with E-state index < -0.39 is 5.54 Å². The van der Waals surface area contributed by atoms with Crippen LogP contribution in [0.3, 0.4) is 0 Å². The highest BCUT2D eigenvalue weighted by Gasteiger charge is 2.43. The molecular weight excluding hydrogens is 276 g/mol. The summed E-state index contributed by atoms with van der Waals surface area (Å²) < 4.78 is 5.67. The molecule has 1 aromatic carbocycles. The molecule has 1 aromatic rings. The molecule has 0 bridgehead atoms. The van der Waals surface area contributed by atoms with Crippen molar-refractivity contribution in [3.63, 3.8) is 0 Å². The molecule has 0 atom stereocenters. The summed E-state index contributed by atoms with van der Waals surface area (Å²) in [6, 6.07) is 10.3. The first-order chi connectivity index (χ1) is 10.6. The number of rotatable bonds is 7. The summed E-state index contributed by atoms with van der Waals surface area (Å²) in [5, 5.41) is 9.25. The van der Waals surface area contributed by atoms with Crippen LogP contribution < -0.4 is 4.74 Å². The molecule has 0 aromatic heterocycles. The molecule has 1 aliphatic carbocycles. The molecule has 22 heavy (non-hydrogen) atoms. The predicted molar refractivity (Wildman–Crippen MR) is 85.5 cm³/mol. The maximum absolute atomic E-state index is 12.2. The second kappa shape index (κ2) is 7.31. The Morgan fingerprint density at radius 3 is 2.77 bits per heavy atom. The largest absolute Gasteiger partial charge is 0.494 e. The maximum Gasteiger partial charge on any atom is 0.223 e. The minimum absolute atomic E-state index is 0.0665. The maximum atomic E-state index is 12.2. The molecule has 0 N–H and O–H groups in total. The molecule has 0 aliphatic heterocycles. The van der Waals surface area contributed by atoms with Crippen LogP contribution in [-0.4, -0.2) is 30.0 Å². The number of carbonyl (C=O) groups is 1. The number of hydrogen-bond acceptors (Lipinski definition) is 3. The topological polar surface area (TPSA) is 53.3 Å². The minimum atomic E-state index is -0.533. The molecule has 0 radical (unpaired) electrons. The lowest BCUT2D eigenvalue weighted by molar-refractivity contribution is -0.136. The van der Waals surface area contributed by atoms with Crippen LogP contribution in [0.2, 0.25) is 0 Å². The summed E-state index contributed by atoms with van der Waals surface area (Å²) in [5.41, 5.74) is 0.645. The van der Waals surface area contributed by atoms with Gasteiger partial charge in [-0.25, -0.2) is 0 Å². The van der Waals surface area contributed by atoms with E-state index >= 15 is 0 Å². The van der Waals surface area contributed by atoms with Gasteiger partial charge in [-0.3, -0.25) is 4.79 Å². The highest BCUT2D eigenvalue weighted by molar-refractivity contribution is 5.77. The number of aryl methyl sites for hydroxylation is 1. The summed E-state index contributed by atoms with van der Waals surface area (Å²) >= 11 is 0. The van der Waals surface area contributed by atoms with Crippen LogP contribution in [0.4, 0.5) is 0 Å². The molecule has 0 spiro atoms. The number of carbonyl (C=O) groups excluding carboxylic acids is 1. The highest BCUT2D eigenvalue weighted by Crippen LogP contribution is 2.36. The summed E-state index contributed by atoms with van der Waals surface area (Å²) in [5.74, 6) is 0.943. The van der Waals surface area contributed by atoms with Crippen molar-refractivity contribution < 1.29 is 9.53 Å². The Bertz CT molecular complexity index is 558. The molecule has 1 aliphatic rings. The van der Waals surface area contributed by atoms with Gasteiger partial charge in [0.05, 0.1) is 12.7 Å². The second-order valence-electron chi connectivity index (χ2n) is 6.07.